The van der Waals surface area contributed by atoms with Gasteiger partial charge in [-0.2, -0.15) is 0 Å². The first-order valence-corrected chi connectivity index (χ1v) is 5.24. The van der Waals surface area contributed by atoms with E-state index in [0.717, 1.165) is 12.6 Å². The van der Waals surface area contributed by atoms with Gasteiger partial charge in [0.25, 0.3) is 0 Å². The van der Waals surface area contributed by atoms with Crippen LogP contribution in [0, 0.1) is 17.0 Å². The Morgan fingerprint density at radius 1 is 1.33 bits per heavy atom. The molecule has 2 rings (SSSR count). The van der Waals surface area contributed by atoms with Crippen LogP contribution >= 0.6 is 0 Å². The third-order valence-corrected chi connectivity index (χ3v) is 2.98. The summed E-state index contributed by atoms with van der Waals surface area (Å²) in [6.07, 6.45) is 2.46. The standard InChI is InChI=1S/C12H15F2N/c1-12(4-5-12)8-15-7-9-6-10(13)2-3-11(9)14/h2-3,6,15H,4-5,7-8H2,1H3. The predicted octanol–water partition coefficient (Wildman–Crippen LogP) is 2.85. The highest BCUT2D eigenvalue weighted by Gasteiger charge is 2.36. The maximum atomic E-state index is 13.2. The number of nitrogens with one attached hydrogen (secondary N) is 1. The van der Waals surface area contributed by atoms with Crippen LogP contribution in [0.5, 0.6) is 0 Å². The second-order valence-electron chi connectivity index (χ2n) is 4.65. The average Bonchev–Trinajstić information content (AvgIpc) is 2.90. The van der Waals surface area contributed by atoms with E-state index in [1.54, 1.807) is 0 Å². The summed E-state index contributed by atoms with van der Waals surface area (Å²) < 4.78 is 26.0. The van der Waals surface area contributed by atoms with Gasteiger partial charge in [0.15, 0.2) is 0 Å². The number of benzene rings is 1. The van der Waals surface area contributed by atoms with Crippen molar-refractivity contribution in [3.63, 3.8) is 0 Å². The van der Waals surface area contributed by atoms with Crippen molar-refractivity contribution in [2.45, 2.75) is 26.3 Å². The third-order valence-electron chi connectivity index (χ3n) is 2.98. The Balaban J connectivity index is 1.89. The molecule has 1 aromatic rings. The Labute approximate surface area is 88.5 Å². The molecule has 0 spiro atoms. The summed E-state index contributed by atoms with van der Waals surface area (Å²) in [5.74, 6) is -0.726. The van der Waals surface area contributed by atoms with Gasteiger partial charge in [-0.25, -0.2) is 8.78 Å². The largest absolute Gasteiger partial charge is 0.312 e. The van der Waals surface area contributed by atoms with Crippen LogP contribution in [-0.2, 0) is 6.54 Å². The molecule has 0 amide bonds. The van der Waals surface area contributed by atoms with Crippen LogP contribution in [0.15, 0.2) is 18.2 Å². The van der Waals surface area contributed by atoms with E-state index >= 15 is 0 Å². The summed E-state index contributed by atoms with van der Waals surface area (Å²) in [5.41, 5.74) is 0.795. The molecule has 0 radical (unpaired) electrons. The Hall–Kier alpha value is -0.960. The average molecular weight is 211 g/mol. The van der Waals surface area contributed by atoms with Gasteiger partial charge >= 0.3 is 0 Å². The lowest BCUT2D eigenvalue weighted by molar-refractivity contribution is 0.489. The van der Waals surface area contributed by atoms with Crippen LogP contribution < -0.4 is 5.32 Å². The summed E-state index contributed by atoms with van der Waals surface area (Å²) in [6.45, 7) is 3.48. The fourth-order valence-electron chi connectivity index (χ4n) is 1.57. The number of hydrogen-bond donors (Lipinski definition) is 1. The van der Waals surface area contributed by atoms with Crippen LogP contribution in [0.25, 0.3) is 0 Å². The van der Waals surface area contributed by atoms with E-state index in [1.807, 2.05) is 0 Å². The van der Waals surface area contributed by atoms with Crippen molar-refractivity contribution < 1.29 is 8.78 Å². The van der Waals surface area contributed by atoms with Gasteiger partial charge in [0.05, 0.1) is 0 Å². The lowest BCUT2D eigenvalue weighted by atomic mass is 10.1. The van der Waals surface area contributed by atoms with E-state index in [9.17, 15) is 8.78 Å². The third kappa shape index (κ3) is 2.75. The zero-order valence-electron chi connectivity index (χ0n) is 8.82. The summed E-state index contributed by atoms with van der Waals surface area (Å²) in [7, 11) is 0. The summed E-state index contributed by atoms with van der Waals surface area (Å²) in [4.78, 5) is 0. The van der Waals surface area contributed by atoms with E-state index in [4.69, 9.17) is 0 Å². The molecule has 0 atom stereocenters. The quantitative estimate of drug-likeness (QED) is 0.807. The SMILES string of the molecule is CC1(CNCc2cc(F)ccc2F)CC1. The molecule has 0 heterocycles. The van der Waals surface area contributed by atoms with Gasteiger partial charge in [-0.05, 0) is 36.5 Å². The predicted molar refractivity (Wildman–Crippen MR) is 55.4 cm³/mol. The molecule has 1 fully saturated rings. The molecule has 1 aromatic carbocycles. The summed E-state index contributed by atoms with van der Waals surface area (Å²) >= 11 is 0. The molecule has 1 aliphatic carbocycles. The second-order valence-corrected chi connectivity index (χ2v) is 4.65. The Bertz CT molecular complexity index is 359. The van der Waals surface area contributed by atoms with Gasteiger partial charge in [0.2, 0.25) is 0 Å². The first-order chi connectivity index (χ1) is 7.09. The molecule has 0 unspecified atom stereocenters. The Morgan fingerprint density at radius 3 is 2.73 bits per heavy atom. The second kappa shape index (κ2) is 3.89. The van der Waals surface area contributed by atoms with Crippen molar-refractivity contribution in [1.82, 2.24) is 5.32 Å². The van der Waals surface area contributed by atoms with E-state index in [-0.39, 0.29) is 11.6 Å². The fourth-order valence-corrected chi connectivity index (χ4v) is 1.57. The van der Waals surface area contributed by atoms with Gasteiger partial charge in [-0.15, -0.1) is 0 Å². The smallest absolute Gasteiger partial charge is 0.127 e. The van der Waals surface area contributed by atoms with Gasteiger partial charge in [-0.3, -0.25) is 0 Å². The minimum atomic E-state index is -0.383. The first-order valence-electron chi connectivity index (χ1n) is 5.24. The molecule has 0 bridgehead atoms. The first kappa shape index (κ1) is 10.6. The molecule has 82 valence electrons. The molecular formula is C12H15F2N. The van der Waals surface area contributed by atoms with Crippen LogP contribution in [0.1, 0.15) is 25.3 Å². The summed E-state index contributed by atoms with van der Waals surface area (Å²) in [5, 5.41) is 3.17. The van der Waals surface area contributed by atoms with E-state index < -0.39 is 0 Å². The zero-order valence-corrected chi connectivity index (χ0v) is 8.82. The molecule has 1 N–H and O–H groups in total. The number of rotatable bonds is 4. The fraction of sp³-hybridized carbons (Fsp3) is 0.500. The molecule has 0 saturated heterocycles. The molecule has 1 aliphatic rings. The minimum absolute atomic E-state index is 0.343. The highest BCUT2D eigenvalue weighted by Crippen LogP contribution is 2.44. The number of halogens is 2. The van der Waals surface area contributed by atoms with E-state index in [2.05, 4.69) is 12.2 Å². The van der Waals surface area contributed by atoms with Gasteiger partial charge in [0, 0.05) is 18.7 Å². The van der Waals surface area contributed by atoms with E-state index in [1.165, 1.54) is 25.0 Å². The maximum absolute atomic E-state index is 13.2. The van der Waals surface area contributed by atoms with Gasteiger partial charge in [0.1, 0.15) is 11.6 Å². The van der Waals surface area contributed by atoms with Crippen molar-refractivity contribution in [3.05, 3.63) is 35.4 Å². The molecular weight excluding hydrogens is 196 g/mol. The van der Waals surface area contributed by atoms with Crippen molar-refractivity contribution in [3.8, 4) is 0 Å². The van der Waals surface area contributed by atoms with Crippen LogP contribution in [0.4, 0.5) is 8.78 Å². The highest BCUT2D eigenvalue weighted by molar-refractivity contribution is 5.18. The van der Waals surface area contributed by atoms with Crippen LogP contribution in [-0.4, -0.2) is 6.54 Å². The molecule has 15 heavy (non-hydrogen) atoms. The van der Waals surface area contributed by atoms with Gasteiger partial charge in [-0.1, -0.05) is 6.92 Å². The Morgan fingerprint density at radius 2 is 2.07 bits per heavy atom. The lowest BCUT2D eigenvalue weighted by Gasteiger charge is -2.10. The summed E-state index contributed by atoms with van der Waals surface area (Å²) in [6, 6.07) is 3.56. The highest BCUT2D eigenvalue weighted by atomic mass is 19.1. The maximum Gasteiger partial charge on any atom is 0.127 e. The molecule has 0 aliphatic heterocycles. The molecule has 1 saturated carbocycles. The lowest BCUT2D eigenvalue weighted by Crippen LogP contribution is -2.22. The molecule has 3 heteroatoms. The van der Waals surface area contributed by atoms with Crippen LogP contribution in [0.2, 0.25) is 0 Å². The molecule has 0 aromatic heterocycles. The van der Waals surface area contributed by atoms with Crippen molar-refractivity contribution >= 4 is 0 Å². The van der Waals surface area contributed by atoms with Crippen molar-refractivity contribution in [1.29, 1.82) is 0 Å². The van der Waals surface area contributed by atoms with E-state index in [0.29, 0.717) is 17.5 Å². The minimum Gasteiger partial charge on any atom is -0.312 e. The zero-order chi connectivity index (χ0) is 10.9. The normalized spacial score (nSPS) is 17.8. The van der Waals surface area contributed by atoms with Crippen molar-refractivity contribution in [2.75, 3.05) is 6.54 Å². The number of hydrogen-bond acceptors (Lipinski definition) is 1. The Kier molecular flexibility index (Phi) is 2.74. The topological polar surface area (TPSA) is 12.0 Å². The monoisotopic (exact) mass is 211 g/mol. The van der Waals surface area contributed by atoms with Gasteiger partial charge < -0.3 is 5.32 Å². The van der Waals surface area contributed by atoms with Crippen LogP contribution in [0.3, 0.4) is 0 Å². The van der Waals surface area contributed by atoms with Crippen molar-refractivity contribution in [2.24, 2.45) is 5.41 Å². The molecule has 1 nitrogen and oxygen atoms in total.